The Morgan fingerprint density at radius 3 is 2.38 bits per heavy atom. The highest BCUT2D eigenvalue weighted by molar-refractivity contribution is 6.10. The highest BCUT2D eigenvalue weighted by Gasteiger charge is 2.21. The minimum atomic E-state index is -3.13. The van der Waals surface area contributed by atoms with Crippen LogP contribution < -0.4 is 4.74 Å². The van der Waals surface area contributed by atoms with Crippen molar-refractivity contribution in [2.75, 3.05) is 0 Å². The molecule has 0 bridgehead atoms. The number of carbonyl (C=O) groups is 1. The van der Waals surface area contributed by atoms with Crippen LogP contribution >= 0.6 is 0 Å². The molecule has 2 aromatic carbocycles. The first-order valence-corrected chi connectivity index (χ1v) is 5.94. The second-order valence-corrected chi connectivity index (χ2v) is 4.29. The van der Waals surface area contributed by atoms with Gasteiger partial charge in [0.1, 0.15) is 17.4 Å². The van der Waals surface area contributed by atoms with E-state index in [1.807, 2.05) is 0 Å². The largest absolute Gasteiger partial charge is 0.434 e. The van der Waals surface area contributed by atoms with Crippen molar-refractivity contribution in [3.8, 4) is 5.75 Å². The number of carbonyl (C=O) groups excluding carboxylic acids is 1. The molecule has 0 heterocycles. The Hall–Kier alpha value is -2.37. The molecule has 0 N–H and O–H groups in total. The van der Waals surface area contributed by atoms with E-state index in [0.717, 1.165) is 18.2 Å². The van der Waals surface area contributed by atoms with Gasteiger partial charge in [-0.15, -0.1) is 0 Å². The van der Waals surface area contributed by atoms with E-state index in [9.17, 15) is 22.4 Å². The van der Waals surface area contributed by atoms with Crippen molar-refractivity contribution < 1.29 is 27.1 Å². The van der Waals surface area contributed by atoms with Gasteiger partial charge in [-0.05, 0) is 36.8 Å². The molecule has 2 nitrogen and oxygen atoms in total. The van der Waals surface area contributed by atoms with Gasteiger partial charge in [0.05, 0.1) is 11.1 Å². The third kappa shape index (κ3) is 3.21. The smallest absolute Gasteiger partial charge is 0.387 e. The number of hydrogen-bond donors (Lipinski definition) is 0. The monoisotopic (exact) mass is 298 g/mol. The standard InChI is InChI=1S/C15H10F4O2/c1-8-6-12(17)10(7-11(8)16)14(20)9-4-2-3-5-13(9)21-15(18)19/h2-7,15H,1H3. The van der Waals surface area contributed by atoms with Crippen LogP contribution in [0.2, 0.25) is 0 Å². The van der Waals surface area contributed by atoms with Crippen LogP contribution in [0.15, 0.2) is 36.4 Å². The fourth-order valence-electron chi connectivity index (χ4n) is 1.82. The minimum absolute atomic E-state index is 0.0427. The van der Waals surface area contributed by atoms with Crippen LogP contribution in [0.5, 0.6) is 5.75 Å². The number of benzene rings is 2. The molecule has 0 spiro atoms. The Bertz CT molecular complexity index is 683. The summed E-state index contributed by atoms with van der Waals surface area (Å²) in [6, 6.07) is 6.78. The van der Waals surface area contributed by atoms with Crippen molar-refractivity contribution in [3.63, 3.8) is 0 Å². The zero-order chi connectivity index (χ0) is 15.6. The van der Waals surface area contributed by atoms with Gasteiger partial charge in [-0.25, -0.2) is 8.78 Å². The SMILES string of the molecule is Cc1cc(F)c(C(=O)c2ccccc2OC(F)F)cc1F. The molecule has 21 heavy (non-hydrogen) atoms. The summed E-state index contributed by atoms with van der Waals surface area (Å²) in [5.74, 6) is -3.00. The van der Waals surface area contributed by atoms with Gasteiger partial charge in [0.25, 0.3) is 0 Å². The van der Waals surface area contributed by atoms with Crippen LogP contribution in [0, 0.1) is 18.6 Å². The molecule has 0 radical (unpaired) electrons. The molecule has 0 aromatic heterocycles. The van der Waals surface area contributed by atoms with Crippen molar-refractivity contribution in [2.24, 2.45) is 0 Å². The number of hydrogen-bond acceptors (Lipinski definition) is 2. The van der Waals surface area contributed by atoms with Gasteiger partial charge < -0.3 is 4.74 Å². The van der Waals surface area contributed by atoms with Crippen LogP contribution in [-0.4, -0.2) is 12.4 Å². The maximum atomic E-state index is 13.8. The van der Waals surface area contributed by atoms with E-state index >= 15 is 0 Å². The van der Waals surface area contributed by atoms with Crippen LogP contribution in [0.3, 0.4) is 0 Å². The number of para-hydroxylation sites is 1. The number of aryl methyl sites for hydroxylation is 1. The number of ketones is 1. The molecule has 0 aliphatic rings. The fraction of sp³-hybridized carbons (Fsp3) is 0.133. The average molecular weight is 298 g/mol. The summed E-state index contributed by atoms with van der Waals surface area (Å²) < 4.78 is 56.1. The summed E-state index contributed by atoms with van der Waals surface area (Å²) in [6.07, 6.45) is 0. The van der Waals surface area contributed by atoms with Crippen LogP contribution in [0.4, 0.5) is 17.6 Å². The van der Waals surface area contributed by atoms with Gasteiger partial charge >= 0.3 is 6.61 Å². The summed E-state index contributed by atoms with van der Waals surface area (Å²) in [5, 5.41) is 0. The number of alkyl halides is 2. The third-order valence-corrected chi connectivity index (χ3v) is 2.84. The van der Waals surface area contributed by atoms with E-state index in [1.54, 1.807) is 0 Å². The van der Waals surface area contributed by atoms with E-state index in [1.165, 1.54) is 25.1 Å². The predicted octanol–water partition coefficient (Wildman–Crippen LogP) is 4.11. The number of halogens is 4. The van der Waals surface area contributed by atoms with Crippen molar-refractivity contribution in [1.82, 2.24) is 0 Å². The molecule has 0 atom stereocenters. The van der Waals surface area contributed by atoms with Crippen molar-refractivity contribution in [3.05, 3.63) is 64.7 Å². The Morgan fingerprint density at radius 2 is 1.71 bits per heavy atom. The van der Waals surface area contributed by atoms with Crippen LogP contribution in [0.25, 0.3) is 0 Å². The first-order valence-electron chi connectivity index (χ1n) is 5.94. The molecule has 0 saturated heterocycles. The van der Waals surface area contributed by atoms with Crippen LogP contribution in [0.1, 0.15) is 21.5 Å². The van der Waals surface area contributed by atoms with Gasteiger partial charge in [0, 0.05) is 0 Å². The normalized spacial score (nSPS) is 10.8. The minimum Gasteiger partial charge on any atom is -0.434 e. The molecule has 6 heteroatoms. The van der Waals surface area contributed by atoms with Gasteiger partial charge in [-0.2, -0.15) is 8.78 Å². The second-order valence-electron chi connectivity index (χ2n) is 4.29. The molecule has 2 aromatic rings. The van der Waals surface area contributed by atoms with Gasteiger partial charge in [-0.3, -0.25) is 4.79 Å². The van der Waals surface area contributed by atoms with Crippen molar-refractivity contribution in [1.29, 1.82) is 0 Å². The van der Waals surface area contributed by atoms with E-state index in [4.69, 9.17) is 0 Å². The highest BCUT2D eigenvalue weighted by Crippen LogP contribution is 2.25. The van der Waals surface area contributed by atoms with E-state index < -0.39 is 35.3 Å². The van der Waals surface area contributed by atoms with E-state index in [-0.39, 0.29) is 11.1 Å². The molecular formula is C15H10F4O2. The van der Waals surface area contributed by atoms with Crippen molar-refractivity contribution in [2.45, 2.75) is 13.5 Å². The maximum Gasteiger partial charge on any atom is 0.387 e. The third-order valence-electron chi connectivity index (χ3n) is 2.84. The van der Waals surface area contributed by atoms with Crippen molar-refractivity contribution >= 4 is 5.78 Å². The molecule has 0 unspecified atom stereocenters. The first-order chi connectivity index (χ1) is 9.90. The summed E-state index contributed by atoms with van der Waals surface area (Å²) in [7, 11) is 0. The summed E-state index contributed by atoms with van der Waals surface area (Å²) in [4.78, 5) is 12.2. The molecule has 0 aliphatic heterocycles. The number of rotatable bonds is 4. The number of ether oxygens (including phenoxy) is 1. The Labute approximate surface area is 118 Å². The van der Waals surface area contributed by atoms with Gasteiger partial charge in [0.15, 0.2) is 5.78 Å². The summed E-state index contributed by atoms with van der Waals surface area (Å²) >= 11 is 0. The fourth-order valence-corrected chi connectivity index (χ4v) is 1.82. The Morgan fingerprint density at radius 1 is 1.05 bits per heavy atom. The molecule has 0 amide bonds. The van der Waals surface area contributed by atoms with Gasteiger partial charge in [0.2, 0.25) is 0 Å². The molecule has 0 saturated carbocycles. The van der Waals surface area contributed by atoms with E-state index in [0.29, 0.717) is 0 Å². The zero-order valence-electron chi connectivity index (χ0n) is 10.9. The zero-order valence-corrected chi connectivity index (χ0v) is 10.9. The van der Waals surface area contributed by atoms with E-state index in [2.05, 4.69) is 4.74 Å². The summed E-state index contributed by atoms with van der Waals surface area (Å²) in [5.41, 5.74) is -0.760. The lowest BCUT2D eigenvalue weighted by Gasteiger charge is -2.10. The quantitative estimate of drug-likeness (QED) is 0.627. The predicted molar refractivity (Wildman–Crippen MR) is 67.6 cm³/mol. The Kier molecular flexibility index (Phi) is 4.26. The molecule has 0 aliphatic carbocycles. The molecule has 0 fully saturated rings. The summed E-state index contributed by atoms with van der Waals surface area (Å²) in [6.45, 7) is -1.78. The maximum absolute atomic E-state index is 13.8. The second kappa shape index (κ2) is 5.95. The molecular weight excluding hydrogens is 288 g/mol. The Balaban J connectivity index is 2.48. The molecule has 2 rings (SSSR count). The lowest BCUT2D eigenvalue weighted by molar-refractivity contribution is -0.0501. The lowest BCUT2D eigenvalue weighted by Crippen LogP contribution is -2.10. The average Bonchev–Trinajstić information content (AvgIpc) is 2.42. The van der Waals surface area contributed by atoms with Crippen LogP contribution in [-0.2, 0) is 0 Å². The highest BCUT2D eigenvalue weighted by atomic mass is 19.3. The molecule has 110 valence electrons. The lowest BCUT2D eigenvalue weighted by atomic mass is 10.0. The topological polar surface area (TPSA) is 26.3 Å². The first kappa shape index (κ1) is 15.0. The van der Waals surface area contributed by atoms with Gasteiger partial charge in [-0.1, -0.05) is 12.1 Å².